The monoisotopic (exact) mass is 520 g/mol. The number of hydrogen-bond donors (Lipinski definition) is 2. The summed E-state index contributed by atoms with van der Waals surface area (Å²) < 4.78 is 26.4. The van der Waals surface area contributed by atoms with Gasteiger partial charge in [-0.1, -0.05) is 12.1 Å². The highest BCUT2D eigenvalue weighted by Crippen LogP contribution is 2.27. The van der Waals surface area contributed by atoms with E-state index in [1.165, 1.54) is 26.6 Å². The van der Waals surface area contributed by atoms with E-state index in [1.807, 2.05) is 0 Å². The van der Waals surface area contributed by atoms with Gasteiger partial charge in [-0.3, -0.25) is 9.59 Å². The van der Waals surface area contributed by atoms with Crippen LogP contribution in [0.3, 0.4) is 0 Å². The Hall–Kier alpha value is -5.06. The zero-order chi connectivity index (χ0) is 27.3. The highest BCUT2D eigenvalue weighted by Gasteiger charge is 2.13. The van der Waals surface area contributed by atoms with Gasteiger partial charge in [0.05, 0.1) is 46.4 Å². The molecule has 38 heavy (non-hydrogen) atoms. The van der Waals surface area contributed by atoms with E-state index in [9.17, 15) is 9.59 Å². The van der Waals surface area contributed by atoms with Gasteiger partial charge in [0.1, 0.15) is 5.75 Å². The first-order valence-corrected chi connectivity index (χ1v) is 11.3. The van der Waals surface area contributed by atoms with Crippen molar-refractivity contribution in [3.05, 3.63) is 77.4 Å². The molecule has 3 aromatic rings. The van der Waals surface area contributed by atoms with Crippen LogP contribution >= 0.6 is 0 Å². The van der Waals surface area contributed by atoms with Crippen LogP contribution in [0.15, 0.2) is 70.9 Å². The van der Waals surface area contributed by atoms with E-state index < -0.39 is 11.8 Å². The Bertz CT molecular complexity index is 1320. The standard InChI is InChI=1S/C27H28N4O7/c1-34-22-11-9-18(13-24(22)36-3)15-28-30-26(32)17-38-21-8-6-5-7-20(21)27(33)31-29-16-19-10-12-23(35-2)25(14-19)37-4/h5-16H,17H2,1-4H3,(H,30,32)(H,31,33). The van der Waals surface area contributed by atoms with E-state index >= 15 is 0 Å². The minimum absolute atomic E-state index is 0.207. The summed E-state index contributed by atoms with van der Waals surface area (Å²) in [5.74, 6) is 1.42. The van der Waals surface area contributed by atoms with Crippen LogP contribution in [0.4, 0.5) is 0 Å². The van der Waals surface area contributed by atoms with Gasteiger partial charge in [-0.2, -0.15) is 10.2 Å². The maximum atomic E-state index is 12.7. The van der Waals surface area contributed by atoms with Crippen molar-refractivity contribution in [2.45, 2.75) is 0 Å². The van der Waals surface area contributed by atoms with E-state index in [4.69, 9.17) is 23.7 Å². The second-order valence-electron chi connectivity index (χ2n) is 7.51. The van der Waals surface area contributed by atoms with E-state index in [2.05, 4.69) is 21.1 Å². The topological polar surface area (TPSA) is 129 Å². The maximum absolute atomic E-state index is 12.7. The molecule has 0 atom stereocenters. The molecule has 0 bridgehead atoms. The van der Waals surface area contributed by atoms with Crippen molar-refractivity contribution in [3.8, 4) is 28.7 Å². The third kappa shape index (κ3) is 7.47. The van der Waals surface area contributed by atoms with Gasteiger partial charge in [-0.15, -0.1) is 0 Å². The average Bonchev–Trinajstić information content (AvgIpc) is 2.95. The van der Waals surface area contributed by atoms with E-state index in [0.717, 1.165) is 0 Å². The molecule has 0 spiro atoms. The molecular formula is C27H28N4O7. The predicted octanol–water partition coefficient (Wildman–Crippen LogP) is 3.01. The smallest absolute Gasteiger partial charge is 0.277 e. The van der Waals surface area contributed by atoms with Gasteiger partial charge in [-0.25, -0.2) is 10.9 Å². The van der Waals surface area contributed by atoms with E-state index in [1.54, 1.807) is 74.9 Å². The number of ether oxygens (including phenoxy) is 5. The molecule has 3 rings (SSSR count). The SMILES string of the molecule is COc1ccc(C=NNC(=O)COc2ccccc2C(=O)NN=Cc2ccc(OC)c(OC)c2)cc1OC. The number of carbonyl (C=O) groups excluding carboxylic acids is 2. The number of nitrogens with one attached hydrogen (secondary N) is 2. The summed E-state index contributed by atoms with van der Waals surface area (Å²) >= 11 is 0. The molecule has 0 heterocycles. The van der Waals surface area contributed by atoms with Gasteiger partial charge in [0.25, 0.3) is 11.8 Å². The van der Waals surface area contributed by atoms with Crippen LogP contribution in [-0.2, 0) is 4.79 Å². The molecule has 0 fully saturated rings. The lowest BCUT2D eigenvalue weighted by Crippen LogP contribution is -2.25. The molecule has 0 radical (unpaired) electrons. The van der Waals surface area contributed by atoms with Crippen molar-refractivity contribution in [2.75, 3.05) is 35.0 Å². The maximum Gasteiger partial charge on any atom is 0.277 e. The van der Waals surface area contributed by atoms with Crippen molar-refractivity contribution in [1.29, 1.82) is 0 Å². The molecule has 0 aromatic heterocycles. The van der Waals surface area contributed by atoms with Crippen LogP contribution < -0.4 is 34.5 Å². The number of hydrazone groups is 2. The van der Waals surface area contributed by atoms with Crippen LogP contribution in [0.2, 0.25) is 0 Å². The number of methoxy groups -OCH3 is 4. The average molecular weight is 521 g/mol. The number of benzene rings is 3. The highest BCUT2D eigenvalue weighted by molar-refractivity contribution is 5.97. The highest BCUT2D eigenvalue weighted by atomic mass is 16.5. The number of amides is 2. The first kappa shape index (κ1) is 27.5. The van der Waals surface area contributed by atoms with Gasteiger partial charge in [0, 0.05) is 0 Å². The molecule has 2 amide bonds. The van der Waals surface area contributed by atoms with Crippen molar-refractivity contribution < 1.29 is 33.3 Å². The molecule has 0 aliphatic heterocycles. The van der Waals surface area contributed by atoms with Crippen LogP contribution in [0.1, 0.15) is 21.5 Å². The summed E-state index contributed by atoms with van der Waals surface area (Å²) in [6, 6.07) is 16.9. The quantitative estimate of drug-likeness (QED) is 0.277. The summed E-state index contributed by atoms with van der Waals surface area (Å²) in [7, 11) is 6.15. The summed E-state index contributed by atoms with van der Waals surface area (Å²) in [5, 5.41) is 7.90. The van der Waals surface area contributed by atoms with Gasteiger partial charge in [0.2, 0.25) is 0 Å². The Morgan fingerprint density at radius 3 is 1.76 bits per heavy atom. The molecule has 0 saturated carbocycles. The molecule has 0 unspecified atom stereocenters. The van der Waals surface area contributed by atoms with Gasteiger partial charge in [-0.05, 0) is 59.7 Å². The Kier molecular flexibility index (Phi) is 10.1. The van der Waals surface area contributed by atoms with Gasteiger partial charge >= 0.3 is 0 Å². The molecule has 11 heteroatoms. The molecule has 0 saturated heterocycles. The summed E-state index contributed by atoms with van der Waals surface area (Å²) in [4.78, 5) is 24.9. The fraction of sp³-hybridized carbons (Fsp3) is 0.185. The third-order valence-corrected chi connectivity index (χ3v) is 5.09. The molecular weight excluding hydrogens is 492 g/mol. The van der Waals surface area contributed by atoms with Crippen molar-refractivity contribution in [2.24, 2.45) is 10.2 Å². The zero-order valence-electron chi connectivity index (χ0n) is 21.4. The van der Waals surface area contributed by atoms with Gasteiger partial charge < -0.3 is 23.7 Å². The van der Waals surface area contributed by atoms with Crippen LogP contribution in [-0.4, -0.2) is 59.3 Å². The van der Waals surface area contributed by atoms with Gasteiger partial charge in [0.15, 0.2) is 29.6 Å². The Balaban J connectivity index is 1.55. The Morgan fingerprint density at radius 1 is 0.684 bits per heavy atom. The summed E-state index contributed by atoms with van der Waals surface area (Å²) in [5.41, 5.74) is 6.42. The largest absolute Gasteiger partial charge is 0.493 e. The number of carbonyl (C=O) groups is 2. The summed E-state index contributed by atoms with van der Waals surface area (Å²) in [6.45, 7) is -0.359. The normalized spacial score (nSPS) is 10.7. The fourth-order valence-corrected chi connectivity index (χ4v) is 3.23. The number of hydrogen-bond acceptors (Lipinski definition) is 9. The second kappa shape index (κ2) is 13.9. The Morgan fingerprint density at radius 2 is 1.21 bits per heavy atom. The van der Waals surface area contributed by atoms with Crippen LogP contribution in [0.25, 0.3) is 0 Å². The lowest BCUT2D eigenvalue weighted by molar-refractivity contribution is -0.123. The van der Waals surface area contributed by atoms with E-state index in [-0.39, 0.29) is 17.9 Å². The first-order chi connectivity index (χ1) is 18.5. The zero-order valence-corrected chi connectivity index (χ0v) is 21.4. The van der Waals surface area contributed by atoms with Crippen molar-refractivity contribution in [1.82, 2.24) is 10.9 Å². The third-order valence-electron chi connectivity index (χ3n) is 5.09. The Labute approximate surface area is 220 Å². The second-order valence-corrected chi connectivity index (χ2v) is 7.51. The number of para-hydroxylation sites is 1. The van der Waals surface area contributed by atoms with Crippen LogP contribution in [0.5, 0.6) is 28.7 Å². The fourth-order valence-electron chi connectivity index (χ4n) is 3.23. The lowest BCUT2D eigenvalue weighted by Gasteiger charge is -2.10. The van der Waals surface area contributed by atoms with Crippen molar-refractivity contribution >= 4 is 24.2 Å². The first-order valence-electron chi connectivity index (χ1n) is 11.3. The van der Waals surface area contributed by atoms with E-state index in [0.29, 0.717) is 34.1 Å². The molecule has 0 aliphatic carbocycles. The number of rotatable bonds is 12. The summed E-state index contributed by atoms with van der Waals surface area (Å²) in [6.07, 6.45) is 2.92. The lowest BCUT2D eigenvalue weighted by atomic mass is 10.2. The molecule has 0 aliphatic rings. The molecule has 198 valence electrons. The minimum Gasteiger partial charge on any atom is -0.493 e. The predicted molar refractivity (Wildman–Crippen MR) is 142 cm³/mol. The molecule has 2 N–H and O–H groups in total. The molecule has 11 nitrogen and oxygen atoms in total. The minimum atomic E-state index is -0.511. The van der Waals surface area contributed by atoms with Crippen LogP contribution in [0, 0.1) is 0 Å². The van der Waals surface area contributed by atoms with Crippen molar-refractivity contribution in [3.63, 3.8) is 0 Å². The molecule has 3 aromatic carbocycles. The number of nitrogens with zero attached hydrogens (tertiary/aromatic N) is 2.